The molecule has 0 aliphatic carbocycles. The summed E-state index contributed by atoms with van der Waals surface area (Å²) in [6, 6.07) is -0.408. The number of aliphatic hydroxyl groups is 4. The smallest absolute Gasteiger partial charge is 0.325 e. The molecule has 440 valence electrons. The number of halogens is 1. The number of hydrogen-bond donors (Lipinski definition) is 9. The molecule has 4 aliphatic heterocycles. The molecule has 0 aromatic heterocycles. The third-order valence-corrected chi connectivity index (χ3v) is 16.9. The first-order chi connectivity index (χ1) is 37.3. The molecule has 4 amide bonds. The Hall–Kier alpha value is -5.31. The van der Waals surface area contributed by atoms with Gasteiger partial charge in [0.15, 0.2) is 0 Å². The number of Topliss-reactive ketones (excluding diaryl/α,β-unsaturated/α-hetero) is 1. The molecule has 1 aromatic carbocycles. The Morgan fingerprint density at radius 2 is 1.67 bits per heavy atom. The van der Waals surface area contributed by atoms with Gasteiger partial charge in [-0.3, -0.25) is 29.0 Å². The van der Waals surface area contributed by atoms with Crippen molar-refractivity contribution in [1.82, 2.24) is 26.4 Å². The minimum Gasteiger partial charge on any atom is -0.508 e. The standard InChI is InChI=1S/C60H90FN5O13/c1-11-42-27-36(6)60(64-55(42)73)40(10)53(71)39(9)51(79-60)32-49(70)34(4)19-14-12-15-20-35(5)50-23-17-13-16-22-48(69)38(8)54(72)45(25-24-37(7)67)56(74)63-52(33(2)3)57(75)62-47(30-41-28-43(61)31-44(68)29-41)58(76)66-26-18-21-46(65-66)59(77)78-50/h12-13,15-17,20,22,28-29,31,33-34,36,38-40,42,45-54,65,68-72H,11,14,18-19,21,23-27,30,32H2,1-10H3,(H,62,75)(H,63,74)(H,64,73). The number of ketones is 1. The monoisotopic (exact) mass is 1110 g/mol. The number of phenolic OH excluding ortho intramolecular Hbond substituents is 1. The highest BCUT2D eigenvalue weighted by Gasteiger charge is 2.57. The van der Waals surface area contributed by atoms with Crippen molar-refractivity contribution in [3.63, 3.8) is 0 Å². The second-order valence-electron chi connectivity index (χ2n) is 23.3. The number of carbonyl (C=O) groups excluding carboxylic acids is 6. The number of cyclic esters (lactones) is 1. The quantitative estimate of drug-likeness (QED) is 0.0771. The number of fused-ring (bicyclic) bond motifs is 2. The highest BCUT2D eigenvalue weighted by Crippen LogP contribution is 2.46. The topological polar surface area (TPSA) is 273 Å². The molecule has 0 saturated carbocycles. The predicted molar refractivity (Wildman–Crippen MR) is 295 cm³/mol. The number of rotatable bonds is 15. The molecule has 1 spiro atoms. The molecule has 4 heterocycles. The Bertz CT molecular complexity index is 2380. The maximum Gasteiger partial charge on any atom is 0.325 e. The number of benzene rings is 1. The zero-order chi connectivity index (χ0) is 58.5. The fraction of sp³-hybridized carbons (Fsp3) is 0.667. The molecule has 2 bridgehead atoms. The highest BCUT2D eigenvalue weighted by molar-refractivity contribution is 5.93. The van der Waals surface area contributed by atoms with Gasteiger partial charge in [0, 0.05) is 67.9 Å². The molecule has 3 saturated heterocycles. The Morgan fingerprint density at radius 3 is 2.34 bits per heavy atom. The summed E-state index contributed by atoms with van der Waals surface area (Å²) in [5, 5.41) is 65.7. The van der Waals surface area contributed by atoms with E-state index in [0.717, 1.165) is 12.1 Å². The van der Waals surface area contributed by atoms with Crippen LogP contribution >= 0.6 is 0 Å². The lowest BCUT2D eigenvalue weighted by molar-refractivity contribution is -0.267. The van der Waals surface area contributed by atoms with Crippen LogP contribution in [0.1, 0.15) is 139 Å². The predicted octanol–water partition coefficient (Wildman–Crippen LogP) is 5.55. The molecule has 1 aromatic rings. The third-order valence-electron chi connectivity index (χ3n) is 16.9. The van der Waals surface area contributed by atoms with Crippen LogP contribution in [0.3, 0.4) is 0 Å². The summed E-state index contributed by atoms with van der Waals surface area (Å²) in [5.41, 5.74) is 2.81. The van der Waals surface area contributed by atoms with E-state index < -0.39 is 113 Å². The van der Waals surface area contributed by atoms with Crippen LogP contribution in [0.2, 0.25) is 0 Å². The van der Waals surface area contributed by atoms with Crippen molar-refractivity contribution in [3.8, 4) is 5.75 Å². The number of aliphatic hydroxyl groups excluding tert-OH is 4. The van der Waals surface area contributed by atoms with Crippen LogP contribution in [0.4, 0.5) is 4.39 Å². The summed E-state index contributed by atoms with van der Waals surface area (Å²) in [6.45, 7) is 18.0. The van der Waals surface area contributed by atoms with Crippen LogP contribution in [0.25, 0.3) is 0 Å². The largest absolute Gasteiger partial charge is 0.508 e. The summed E-state index contributed by atoms with van der Waals surface area (Å²) < 4.78 is 27.5. The normalized spacial score (nSPS) is 33.8. The van der Waals surface area contributed by atoms with E-state index in [2.05, 4.69) is 21.4 Å². The summed E-state index contributed by atoms with van der Waals surface area (Å²) in [6.07, 6.45) is 9.81. The molecule has 9 N–H and O–H groups in total. The van der Waals surface area contributed by atoms with Gasteiger partial charge in [-0.25, -0.2) is 9.82 Å². The van der Waals surface area contributed by atoms with E-state index in [9.17, 15) is 58.7 Å². The number of carbonyl (C=O) groups is 6. The van der Waals surface area contributed by atoms with Crippen molar-refractivity contribution < 1.29 is 68.2 Å². The number of esters is 1. The van der Waals surface area contributed by atoms with Crippen LogP contribution in [0.15, 0.2) is 66.3 Å². The molecule has 3 fully saturated rings. The molecule has 5 rings (SSSR count). The van der Waals surface area contributed by atoms with Gasteiger partial charge in [-0.05, 0) is 93.9 Å². The van der Waals surface area contributed by atoms with Crippen molar-refractivity contribution >= 4 is 35.4 Å². The summed E-state index contributed by atoms with van der Waals surface area (Å²) in [7, 11) is 0. The number of hydrogen-bond acceptors (Lipinski definition) is 14. The van der Waals surface area contributed by atoms with Gasteiger partial charge in [0.1, 0.15) is 47.3 Å². The fourth-order valence-corrected chi connectivity index (χ4v) is 11.4. The maximum absolute atomic E-state index is 14.6. The van der Waals surface area contributed by atoms with Gasteiger partial charge in [-0.2, -0.15) is 0 Å². The number of amides is 4. The van der Waals surface area contributed by atoms with E-state index in [1.165, 1.54) is 24.1 Å². The van der Waals surface area contributed by atoms with Gasteiger partial charge in [-0.15, -0.1) is 0 Å². The van der Waals surface area contributed by atoms with E-state index in [1.54, 1.807) is 39.0 Å². The zero-order valence-electron chi connectivity index (χ0n) is 47.9. The van der Waals surface area contributed by atoms with Crippen molar-refractivity contribution in [2.45, 2.75) is 200 Å². The molecule has 4 aliphatic rings. The van der Waals surface area contributed by atoms with Gasteiger partial charge in [0.25, 0.3) is 5.91 Å². The highest BCUT2D eigenvalue weighted by atomic mass is 19.1. The Labute approximate surface area is 466 Å². The number of allylic oxidation sites excluding steroid dienone is 5. The Morgan fingerprint density at radius 1 is 0.949 bits per heavy atom. The van der Waals surface area contributed by atoms with E-state index in [4.69, 9.17) is 9.47 Å². The summed E-state index contributed by atoms with van der Waals surface area (Å²) in [5.74, 6) is -8.00. The van der Waals surface area contributed by atoms with Gasteiger partial charge < -0.3 is 55.8 Å². The van der Waals surface area contributed by atoms with Crippen LogP contribution in [-0.4, -0.2) is 133 Å². The van der Waals surface area contributed by atoms with Crippen molar-refractivity contribution in [2.24, 2.45) is 47.3 Å². The van der Waals surface area contributed by atoms with Gasteiger partial charge in [-0.1, -0.05) is 97.9 Å². The molecule has 17 atom stereocenters. The summed E-state index contributed by atoms with van der Waals surface area (Å²) in [4.78, 5) is 82.2. The van der Waals surface area contributed by atoms with Crippen LogP contribution in [-0.2, 0) is 44.7 Å². The van der Waals surface area contributed by atoms with Crippen LogP contribution in [0.5, 0.6) is 5.75 Å². The van der Waals surface area contributed by atoms with Gasteiger partial charge in [0.2, 0.25) is 17.7 Å². The number of piperidine rings is 1. The van der Waals surface area contributed by atoms with E-state index in [-0.39, 0.29) is 85.5 Å². The van der Waals surface area contributed by atoms with E-state index in [1.807, 2.05) is 59.8 Å². The van der Waals surface area contributed by atoms with Crippen molar-refractivity contribution in [3.05, 3.63) is 77.7 Å². The Kier molecular flexibility index (Phi) is 24.0. The fourth-order valence-electron chi connectivity index (χ4n) is 11.4. The molecule has 0 radical (unpaired) electrons. The first-order valence-electron chi connectivity index (χ1n) is 28.5. The molecular formula is C60H90FN5O13. The second kappa shape index (κ2) is 29.4. The molecule has 19 heteroatoms. The van der Waals surface area contributed by atoms with Crippen molar-refractivity contribution in [1.29, 1.82) is 0 Å². The van der Waals surface area contributed by atoms with Crippen LogP contribution < -0.4 is 21.4 Å². The number of hydrazine groups is 1. The van der Waals surface area contributed by atoms with Gasteiger partial charge in [0.05, 0.1) is 36.4 Å². The lowest BCUT2D eigenvalue weighted by Crippen LogP contribution is -2.71. The first kappa shape index (κ1) is 64.5. The third kappa shape index (κ3) is 17.1. The number of ether oxygens (including phenoxy) is 2. The van der Waals surface area contributed by atoms with E-state index >= 15 is 0 Å². The van der Waals surface area contributed by atoms with Crippen LogP contribution in [0, 0.1) is 53.2 Å². The number of nitrogens with zero attached hydrogens (tertiary/aromatic N) is 1. The number of phenols is 1. The minimum atomic E-state index is -1.47. The van der Waals surface area contributed by atoms with Crippen molar-refractivity contribution in [2.75, 3.05) is 6.54 Å². The zero-order valence-corrected chi connectivity index (χ0v) is 47.9. The molecular weight excluding hydrogens is 1020 g/mol. The first-order valence-corrected chi connectivity index (χ1v) is 28.5. The number of nitrogens with one attached hydrogen (secondary N) is 4. The Balaban J connectivity index is 1.36. The SMILES string of the molecule is CCC1CC(C)C2(NC1=O)OC(CC(O)C(C)CCC=CC=C(C)C1CC=CC=CC(O)C(C)C(O)C(CCC(C)=O)C(=O)NC(C(C)C)C(=O)NC(Cc3cc(O)cc(F)c3)C(=O)N3CCCC(N3)C(=O)O1)C(C)C(O)C2C. The second-order valence-corrected chi connectivity index (χ2v) is 23.3. The van der Waals surface area contributed by atoms with Gasteiger partial charge >= 0.3 is 5.97 Å². The van der Waals surface area contributed by atoms with E-state index in [0.29, 0.717) is 44.1 Å². The maximum atomic E-state index is 14.6. The average Bonchev–Trinajstić information content (AvgIpc) is 3.45. The lowest BCUT2D eigenvalue weighted by Gasteiger charge is -2.56. The molecule has 17 unspecified atom stereocenters. The molecule has 79 heavy (non-hydrogen) atoms. The summed E-state index contributed by atoms with van der Waals surface area (Å²) >= 11 is 0. The number of aromatic hydroxyl groups is 1. The molecule has 18 nitrogen and oxygen atoms in total. The average molecular weight is 1110 g/mol. The lowest BCUT2D eigenvalue weighted by atomic mass is 9.69. The minimum absolute atomic E-state index is 0.0347.